The van der Waals surface area contributed by atoms with E-state index in [1.165, 1.54) is 13.0 Å². The summed E-state index contributed by atoms with van der Waals surface area (Å²) >= 11 is 0. The van der Waals surface area contributed by atoms with Crippen molar-refractivity contribution in [1.29, 1.82) is 0 Å². The largest absolute Gasteiger partial charge is 0.485 e. The van der Waals surface area contributed by atoms with Crippen molar-refractivity contribution in [3.8, 4) is 5.75 Å². The number of hydrogen-bond donors (Lipinski definition) is 1. The van der Waals surface area contributed by atoms with Crippen LogP contribution in [-0.2, 0) is 10.0 Å². The normalized spacial score (nSPS) is 12.8. The summed E-state index contributed by atoms with van der Waals surface area (Å²) in [5.41, 5.74) is 0.721. The number of rotatable bonds is 5. The summed E-state index contributed by atoms with van der Waals surface area (Å²) < 4.78 is 77.1. The molecule has 4 nitrogen and oxygen atoms in total. The lowest BCUT2D eigenvalue weighted by atomic mass is 10.1. The van der Waals surface area contributed by atoms with Crippen LogP contribution >= 0.6 is 0 Å². The Bertz CT molecular complexity index is 602. The molecule has 1 aromatic carbocycles. The maximum Gasteiger partial charge on any atom is 0.340 e. The number of alkyl halides is 4. The minimum Gasteiger partial charge on any atom is -0.485 e. The van der Waals surface area contributed by atoms with E-state index in [9.17, 15) is 26.0 Å². The van der Waals surface area contributed by atoms with E-state index >= 15 is 0 Å². The van der Waals surface area contributed by atoms with E-state index in [2.05, 4.69) is 4.74 Å². The van der Waals surface area contributed by atoms with Crippen LogP contribution in [0.5, 0.6) is 5.75 Å². The lowest BCUT2D eigenvalue weighted by Gasteiger charge is -2.19. The van der Waals surface area contributed by atoms with Gasteiger partial charge in [-0.25, -0.2) is 22.3 Å². The Kier molecular flexibility index (Phi) is 4.65. The van der Waals surface area contributed by atoms with Gasteiger partial charge in [0.15, 0.2) is 6.61 Å². The first-order valence-electron chi connectivity index (χ1n) is 5.38. The summed E-state index contributed by atoms with van der Waals surface area (Å²) in [6.45, 7) is 1.33. The summed E-state index contributed by atoms with van der Waals surface area (Å²) in [4.78, 5) is -0.514. The third kappa shape index (κ3) is 3.83. The fourth-order valence-electron chi connectivity index (χ4n) is 1.54. The van der Waals surface area contributed by atoms with Gasteiger partial charge in [0.1, 0.15) is 10.6 Å². The summed E-state index contributed by atoms with van der Waals surface area (Å²) in [5.74, 6) is -4.83. The number of ether oxygens (including phenoxy) is 1. The third-order valence-electron chi connectivity index (χ3n) is 2.42. The number of sulfonamides is 1. The highest BCUT2D eigenvalue weighted by molar-refractivity contribution is 7.89. The molecule has 0 bridgehead atoms. The van der Waals surface area contributed by atoms with Crippen LogP contribution < -0.4 is 9.88 Å². The summed E-state index contributed by atoms with van der Waals surface area (Å²) in [5, 5.41) is 4.95. The van der Waals surface area contributed by atoms with E-state index in [-0.39, 0.29) is 5.56 Å². The van der Waals surface area contributed by atoms with E-state index < -0.39 is 39.6 Å². The quantitative estimate of drug-likeness (QED) is 0.847. The number of benzene rings is 1. The SMILES string of the molecule is Cc1cc(C)c(OCC(F)(F)C(F)F)c(S(N)(=O)=O)c1. The van der Waals surface area contributed by atoms with E-state index in [0.29, 0.717) is 5.56 Å². The first kappa shape index (κ1) is 16.7. The van der Waals surface area contributed by atoms with Gasteiger partial charge in [-0.1, -0.05) is 6.07 Å². The van der Waals surface area contributed by atoms with Crippen molar-refractivity contribution in [2.75, 3.05) is 6.61 Å². The zero-order valence-corrected chi connectivity index (χ0v) is 11.5. The van der Waals surface area contributed by atoms with Crippen LogP contribution in [0.4, 0.5) is 17.6 Å². The second kappa shape index (κ2) is 5.57. The average Bonchev–Trinajstić information content (AvgIpc) is 2.25. The molecule has 20 heavy (non-hydrogen) atoms. The lowest BCUT2D eigenvalue weighted by Crippen LogP contribution is -2.34. The molecule has 0 spiro atoms. The monoisotopic (exact) mass is 315 g/mol. The highest BCUT2D eigenvalue weighted by Crippen LogP contribution is 2.31. The summed E-state index contributed by atoms with van der Waals surface area (Å²) in [6, 6.07) is 2.59. The number of aryl methyl sites for hydroxylation is 2. The van der Waals surface area contributed by atoms with E-state index in [1.54, 1.807) is 6.92 Å². The molecule has 2 N–H and O–H groups in total. The molecular weight excluding hydrogens is 302 g/mol. The van der Waals surface area contributed by atoms with Gasteiger partial charge in [0.25, 0.3) is 0 Å². The maximum atomic E-state index is 12.8. The van der Waals surface area contributed by atoms with Crippen LogP contribution in [0.1, 0.15) is 11.1 Å². The number of primary sulfonamides is 1. The van der Waals surface area contributed by atoms with Gasteiger partial charge < -0.3 is 4.74 Å². The predicted octanol–water partition coefficient (Wildman–Crippen LogP) is 2.23. The second-order valence-electron chi connectivity index (χ2n) is 4.30. The molecule has 0 fully saturated rings. The standard InChI is InChI=1S/C11H13F4NO3S/c1-6-3-7(2)9(8(4-6)20(16,17)18)19-5-11(14,15)10(12)13/h3-4,10H,5H2,1-2H3,(H2,16,17,18). The number of hydrogen-bond acceptors (Lipinski definition) is 3. The van der Waals surface area contributed by atoms with Crippen molar-refractivity contribution in [2.45, 2.75) is 31.1 Å². The van der Waals surface area contributed by atoms with Crippen LogP contribution in [0.3, 0.4) is 0 Å². The van der Waals surface area contributed by atoms with Crippen molar-refractivity contribution >= 4 is 10.0 Å². The first-order chi connectivity index (χ1) is 8.95. The molecule has 1 aromatic rings. The Morgan fingerprint density at radius 1 is 1.30 bits per heavy atom. The van der Waals surface area contributed by atoms with Crippen molar-refractivity contribution in [3.63, 3.8) is 0 Å². The fraction of sp³-hybridized carbons (Fsp3) is 0.455. The molecule has 0 saturated carbocycles. The van der Waals surface area contributed by atoms with Gasteiger partial charge in [-0.15, -0.1) is 0 Å². The van der Waals surface area contributed by atoms with Gasteiger partial charge in [-0.3, -0.25) is 0 Å². The molecule has 0 amide bonds. The van der Waals surface area contributed by atoms with Gasteiger partial charge in [-0.05, 0) is 31.0 Å². The predicted molar refractivity (Wildman–Crippen MR) is 63.7 cm³/mol. The first-order valence-corrected chi connectivity index (χ1v) is 6.92. The maximum absolute atomic E-state index is 12.8. The van der Waals surface area contributed by atoms with Crippen molar-refractivity contribution in [3.05, 3.63) is 23.3 Å². The van der Waals surface area contributed by atoms with E-state index in [1.807, 2.05) is 0 Å². The lowest BCUT2D eigenvalue weighted by molar-refractivity contribution is -0.148. The summed E-state index contributed by atoms with van der Waals surface area (Å²) in [6.07, 6.45) is -3.91. The number of halogens is 4. The molecule has 0 unspecified atom stereocenters. The summed E-state index contributed by atoms with van der Waals surface area (Å²) in [7, 11) is -4.22. The van der Waals surface area contributed by atoms with E-state index in [4.69, 9.17) is 5.14 Å². The Morgan fingerprint density at radius 3 is 2.30 bits per heavy atom. The van der Waals surface area contributed by atoms with Crippen molar-refractivity contribution in [2.24, 2.45) is 5.14 Å². The Balaban J connectivity index is 3.19. The zero-order chi connectivity index (χ0) is 15.7. The molecule has 1 rings (SSSR count). The highest BCUT2D eigenvalue weighted by Gasteiger charge is 2.42. The van der Waals surface area contributed by atoms with Gasteiger partial charge in [0, 0.05) is 0 Å². The molecule has 0 aromatic heterocycles. The van der Waals surface area contributed by atoms with Crippen LogP contribution in [-0.4, -0.2) is 27.4 Å². The smallest absolute Gasteiger partial charge is 0.340 e. The molecule has 0 aliphatic heterocycles. The Morgan fingerprint density at radius 2 is 1.85 bits per heavy atom. The molecule has 9 heteroatoms. The van der Waals surface area contributed by atoms with Crippen LogP contribution in [0.2, 0.25) is 0 Å². The van der Waals surface area contributed by atoms with Gasteiger partial charge in [0.05, 0.1) is 0 Å². The number of nitrogens with two attached hydrogens (primary N) is 1. The minimum absolute atomic E-state index is 0.207. The second-order valence-corrected chi connectivity index (χ2v) is 5.83. The van der Waals surface area contributed by atoms with E-state index in [0.717, 1.165) is 6.07 Å². The molecule has 0 aliphatic rings. The minimum atomic E-state index is -4.38. The van der Waals surface area contributed by atoms with Crippen LogP contribution in [0, 0.1) is 13.8 Å². The van der Waals surface area contributed by atoms with Crippen molar-refractivity contribution in [1.82, 2.24) is 0 Å². The fourth-order valence-corrected chi connectivity index (χ4v) is 2.37. The van der Waals surface area contributed by atoms with Crippen LogP contribution in [0.25, 0.3) is 0 Å². The third-order valence-corrected chi connectivity index (χ3v) is 3.34. The Hall–Kier alpha value is -1.35. The Labute approximate surface area is 113 Å². The highest BCUT2D eigenvalue weighted by atomic mass is 32.2. The molecule has 0 radical (unpaired) electrons. The van der Waals surface area contributed by atoms with Gasteiger partial charge in [-0.2, -0.15) is 8.78 Å². The molecule has 114 valence electrons. The van der Waals surface area contributed by atoms with Gasteiger partial charge >= 0.3 is 12.3 Å². The zero-order valence-electron chi connectivity index (χ0n) is 10.7. The molecule has 0 saturated heterocycles. The molecule has 0 atom stereocenters. The molecule has 0 aliphatic carbocycles. The molecule has 0 heterocycles. The van der Waals surface area contributed by atoms with Crippen LogP contribution in [0.15, 0.2) is 17.0 Å². The van der Waals surface area contributed by atoms with Crippen molar-refractivity contribution < 1.29 is 30.7 Å². The molecular formula is C11H13F4NO3S. The topological polar surface area (TPSA) is 69.4 Å². The van der Waals surface area contributed by atoms with Gasteiger partial charge in [0.2, 0.25) is 10.0 Å². The average molecular weight is 315 g/mol.